The average Bonchev–Trinajstić information content (AvgIpc) is 1.52. The monoisotopic (exact) mass is 1930 g/mol. The van der Waals surface area contributed by atoms with Crippen LogP contribution in [0.5, 0.6) is 0 Å². The summed E-state index contributed by atoms with van der Waals surface area (Å²) in [5.41, 5.74) is 30.7. The molecule has 0 fully saturated rings. The van der Waals surface area contributed by atoms with Crippen molar-refractivity contribution in [3.8, 4) is 0 Å². The fourth-order valence-electron chi connectivity index (χ4n) is 24.8. The molecule has 2 aliphatic carbocycles. The summed E-state index contributed by atoms with van der Waals surface area (Å²) in [5, 5.41) is 12.4. The van der Waals surface area contributed by atoms with E-state index in [1.165, 1.54) is 77.4 Å². The van der Waals surface area contributed by atoms with Crippen LogP contribution in [0.1, 0.15) is 103 Å². The van der Waals surface area contributed by atoms with E-state index in [4.69, 9.17) is 19.4 Å². The van der Waals surface area contributed by atoms with Gasteiger partial charge in [-0.3, -0.25) is 15.0 Å². The van der Waals surface area contributed by atoms with Gasteiger partial charge < -0.3 is 22.7 Å². The van der Waals surface area contributed by atoms with Crippen LogP contribution in [0.3, 0.4) is 0 Å². The van der Waals surface area contributed by atoms with Crippen LogP contribution in [0.2, 0.25) is 0 Å². The SMILES string of the molecule is CC1(C)C2=C(c3ccccc31)c1ncccc1P(=O)(c1ccccc1)c1cccnc12.O=P1(c2ccc3ccccc3c2)c2ccccc2C2=C(c3ccccc31)c1cccnc1B2c1ccccc1.O=P1(c2ccccc2)c2ccccc2C2=C(c3ccccc31)C(c1ccccc1)(c1ccccc1)c1ccccc12.O=P1(c2ccoc2)c2ccccc2C2=C(c3ccccc3B2c2ccccc2)c2ccccc21. The van der Waals surface area contributed by atoms with Gasteiger partial charge in [0.15, 0.2) is 28.6 Å². The molecule has 14 heteroatoms. The summed E-state index contributed by atoms with van der Waals surface area (Å²) >= 11 is 0. The Labute approximate surface area is 844 Å². The van der Waals surface area contributed by atoms with Crippen molar-refractivity contribution in [1.82, 2.24) is 15.0 Å². The van der Waals surface area contributed by atoms with Crippen LogP contribution in [0, 0.1) is 0 Å². The van der Waals surface area contributed by atoms with Crippen LogP contribution in [-0.4, -0.2) is 28.4 Å². The normalized spacial score (nSPS) is 18.3. The lowest BCUT2D eigenvalue weighted by molar-refractivity contribution is 0.567. The largest absolute Gasteiger partial charge is 0.472 e. The molecule has 0 spiro atoms. The van der Waals surface area contributed by atoms with Gasteiger partial charge in [0.05, 0.1) is 28.4 Å². The molecule has 10 heterocycles. The van der Waals surface area contributed by atoms with Crippen molar-refractivity contribution < 1.29 is 22.7 Å². The molecule has 145 heavy (non-hydrogen) atoms. The van der Waals surface area contributed by atoms with E-state index in [9.17, 15) is 0 Å². The van der Waals surface area contributed by atoms with E-state index in [1.54, 1.807) is 24.9 Å². The number of nitrogens with zero attached hydrogens (tertiary/aromatic N) is 3. The van der Waals surface area contributed by atoms with Crippen LogP contribution < -0.4 is 85.6 Å². The molecule has 686 valence electrons. The Morgan fingerprint density at radius 2 is 0.614 bits per heavy atom. The summed E-state index contributed by atoms with van der Waals surface area (Å²) in [6.07, 6.45) is 8.76. The lowest BCUT2D eigenvalue weighted by atomic mass is 9.37. The number of furan rings is 1. The number of allylic oxidation sites excluding steroid dienone is 2. The highest BCUT2D eigenvalue weighted by molar-refractivity contribution is 7.87. The van der Waals surface area contributed by atoms with Gasteiger partial charge in [0.1, 0.15) is 6.26 Å². The first kappa shape index (κ1) is 88.9. The molecule has 4 aromatic heterocycles. The molecule has 8 nitrogen and oxygen atoms in total. The highest BCUT2D eigenvalue weighted by Crippen LogP contribution is 2.65. The molecule has 4 unspecified atom stereocenters. The van der Waals surface area contributed by atoms with Gasteiger partial charge in [0.25, 0.3) is 6.71 Å². The maximum absolute atomic E-state index is 15.9. The van der Waals surface area contributed by atoms with Gasteiger partial charge in [0.2, 0.25) is 6.71 Å². The molecule has 6 aliphatic heterocycles. The predicted octanol–water partition coefficient (Wildman–Crippen LogP) is 22.3. The molecule has 0 N–H and O–H groups in total. The first-order valence-corrected chi connectivity index (χ1v) is 56.1. The van der Waals surface area contributed by atoms with E-state index in [0.717, 1.165) is 153 Å². The molecule has 0 saturated heterocycles. The van der Waals surface area contributed by atoms with Gasteiger partial charge in [-0.2, -0.15) is 0 Å². The van der Waals surface area contributed by atoms with Gasteiger partial charge in [-0.05, 0) is 159 Å². The second kappa shape index (κ2) is 35.4. The fraction of sp³-hybridized carbons (Fsp3) is 0.0305. The second-order valence-electron chi connectivity index (χ2n) is 38.5. The summed E-state index contributed by atoms with van der Waals surface area (Å²) in [6.45, 7) is 4.48. The Morgan fingerprint density at radius 3 is 1.17 bits per heavy atom. The number of fused-ring (bicyclic) bond motifs is 25. The standard InChI is InChI=1S/C39H27OP.C35H23BNOP.C30H20BO2P.C27H21N2OP/c40-41(30-20-8-3-9-21-30)35-26-14-11-23-32(35)37-31-22-10-13-25-34(31)39(28-16-4-1-5-17-28,29-18-6-2-7-19-29)38(37)33-24-12-15-27-36(33)41;38-39(27-21-20-24-11-4-5-12-25(24)23-27)31-18-8-6-15-28(31)33-30-17-10-22-37-35(30)36(26-13-2-1-3-14-26)34(33)29-16-7-9-19-32(29)39;32-34(22-18-19-33-20-22)27-16-8-5-13-24(27)29-23-12-4-7-15-26(23)31(21-10-2-1-3-11-21)30(29)25-14-6-9-17-28(25)34;1-27(2)20-13-7-6-12-19(20)23-24(27)26-22(15-9-17-29-26)31(30,18-10-4-3-5-11-18)21-14-8-16-28-25(21)23/h1-27H;1-23H;1-20H;3-17H,1-2H3. The summed E-state index contributed by atoms with van der Waals surface area (Å²) in [7, 11) is -12.8. The third kappa shape index (κ3) is 13.5. The Kier molecular flexibility index (Phi) is 21.7. The Balaban J connectivity index is 0.0000000990. The number of hydrogen-bond donors (Lipinski definition) is 0. The highest BCUT2D eigenvalue weighted by atomic mass is 31.2. The lowest BCUT2D eigenvalue weighted by Gasteiger charge is -2.37. The lowest BCUT2D eigenvalue weighted by Crippen LogP contribution is -2.44. The fourth-order valence-corrected chi connectivity index (χ4v) is 36.8. The van der Waals surface area contributed by atoms with Crippen LogP contribution in [0.4, 0.5) is 0 Å². The first-order valence-electron chi connectivity index (χ1n) is 49.3. The van der Waals surface area contributed by atoms with E-state index in [0.29, 0.717) is 0 Å². The summed E-state index contributed by atoms with van der Waals surface area (Å²) in [5.74, 6) is 0. The van der Waals surface area contributed by atoms with Crippen molar-refractivity contribution in [1.29, 1.82) is 0 Å². The van der Waals surface area contributed by atoms with E-state index >= 15 is 18.3 Å². The third-order valence-corrected chi connectivity index (χ3v) is 43.3. The quantitative estimate of drug-likeness (QED) is 0.109. The predicted molar refractivity (Wildman–Crippen MR) is 605 cm³/mol. The minimum absolute atomic E-state index is 0.0465. The molecule has 0 saturated carbocycles. The summed E-state index contributed by atoms with van der Waals surface area (Å²) in [4.78, 5) is 14.6. The molecule has 0 amide bonds. The van der Waals surface area contributed by atoms with Crippen molar-refractivity contribution in [2.75, 3.05) is 0 Å². The van der Waals surface area contributed by atoms with Gasteiger partial charge >= 0.3 is 0 Å². The number of pyridine rings is 3. The number of rotatable bonds is 8. The Hall–Kier alpha value is -16.3. The van der Waals surface area contributed by atoms with Gasteiger partial charge in [0, 0.05) is 93.5 Å². The Bertz CT molecular complexity index is 9170. The topological polar surface area (TPSA) is 120 Å². The van der Waals surface area contributed by atoms with Gasteiger partial charge in [-0.25, -0.2) is 0 Å². The van der Waals surface area contributed by atoms with Crippen molar-refractivity contribution in [3.63, 3.8) is 0 Å². The van der Waals surface area contributed by atoms with Crippen molar-refractivity contribution in [3.05, 3.63) is 606 Å². The minimum atomic E-state index is -3.24. The zero-order chi connectivity index (χ0) is 97.3. The van der Waals surface area contributed by atoms with E-state index < -0.39 is 34.0 Å². The van der Waals surface area contributed by atoms with Crippen LogP contribution in [0.15, 0.2) is 521 Å². The molecule has 21 aromatic rings. The molecule has 17 aromatic carbocycles. The van der Waals surface area contributed by atoms with Crippen molar-refractivity contribution in [2.24, 2.45) is 0 Å². The van der Waals surface area contributed by atoms with Crippen LogP contribution in [0.25, 0.3) is 55.2 Å². The van der Waals surface area contributed by atoms with Gasteiger partial charge in [-0.15, -0.1) is 0 Å². The summed E-state index contributed by atoms with van der Waals surface area (Å²) in [6, 6.07) is 167. The molecular weight excluding hydrogens is 1840 g/mol. The van der Waals surface area contributed by atoms with Crippen LogP contribution >= 0.6 is 28.6 Å². The third-order valence-electron chi connectivity index (χ3n) is 30.7. The number of benzene rings is 17. The van der Waals surface area contributed by atoms with E-state index in [-0.39, 0.29) is 18.8 Å². The molecule has 4 atom stereocenters. The smallest absolute Gasteiger partial charge is 0.267 e. The minimum Gasteiger partial charge on any atom is -0.472 e. The Morgan fingerprint density at radius 1 is 0.248 bits per heavy atom. The van der Waals surface area contributed by atoms with Crippen molar-refractivity contribution >= 4 is 183 Å². The number of aromatic nitrogens is 3. The van der Waals surface area contributed by atoms with Gasteiger partial charge in [-0.1, -0.05) is 484 Å². The number of hydrogen-bond acceptors (Lipinski definition) is 8. The zero-order valence-electron chi connectivity index (χ0n) is 79.4. The molecule has 8 aliphatic rings. The maximum atomic E-state index is 15.9. The maximum Gasteiger partial charge on any atom is 0.267 e. The molecule has 0 radical (unpaired) electrons. The molecular formula is C131H91B2N3O5P4. The van der Waals surface area contributed by atoms with E-state index in [2.05, 4.69) is 341 Å². The molecule has 29 rings (SSSR count). The van der Waals surface area contributed by atoms with E-state index in [1.807, 2.05) is 164 Å². The first-order chi connectivity index (χ1) is 71.3. The highest BCUT2D eigenvalue weighted by Gasteiger charge is 2.55. The van der Waals surface area contributed by atoms with Crippen molar-refractivity contribution in [2.45, 2.75) is 24.7 Å². The molecule has 0 bridgehead atoms. The summed E-state index contributed by atoms with van der Waals surface area (Å²) < 4.78 is 67.7. The second-order valence-corrected chi connectivity index (χ2v) is 49.2. The van der Waals surface area contributed by atoms with Crippen LogP contribution in [-0.2, 0) is 29.1 Å². The average molecular weight is 1930 g/mol. The zero-order valence-corrected chi connectivity index (χ0v) is 83.0.